The minimum absolute atomic E-state index is 0.0413. The molecule has 0 fully saturated rings. The number of benzene rings is 2. The van der Waals surface area contributed by atoms with E-state index >= 15 is 0 Å². The zero-order valence-corrected chi connectivity index (χ0v) is 14.3. The van der Waals surface area contributed by atoms with E-state index in [2.05, 4.69) is 4.98 Å². The summed E-state index contributed by atoms with van der Waals surface area (Å²) in [4.78, 5) is 4.14. The monoisotopic (exact) mass is 368 g/mol. The molecule has 1 heterocycles. The molecule has 3 nitrogen and oxygen atoms in total. The lowest BCUT2D eigenvalue weighted by Crippen LogP contribution is -2.05. The van der Waals surface area contributed by atoms with E-state index in [9.17, 15) is 8.78 Å². The molecular weight excluding hydrogens is 357 g/mol. The van der Waals surface area contributed by atoms with Crippen LogP contribution in [0.5, 0.6) is 5.75 Å². The third-order valence-corrected chi connectivity index (χ3v) is 4.08. The predicted octanol–water partition coefficient (Wildman–Crippen LogP) is 5.44. The number of halogens is 4. The lowest BCUT2D eigenvalue weighted by Gasteiger charge is -2.13. The van der Waals surface area contributed by atoms with Crippen molar-refractivity contribution in [1.29, 1.82) is 0 Å². The van der Waals surface area contributed by atoms with Gasteiger partial charge >= 0.3 is 0 Å². The molecule has 0 amide bonds. The van der Waals surface area contributed by atoms with Crippen LogP contribution < -0.4 is 4.74 Å². The number of ether oxygens (including phenoxy) is 1. The molecule has 7 heteroatoms. The third-order valence-electron chi connectivity index (χ3n) is 3.58. The zero-order chi connectivity index (χ0) is 17.4. The van der Waals surface area contributed by atoms with Gasteiger partial charge in [0.15, 0.2) is 11.6 Å². The molecule has 3 aromatic rings. The summed E-state index contributed by atoms with van der Waals surface area (Å²) >= 11 is 12.0. The van der Waals surface area contributed by atoms with Crippen molar-refractivity contribution in [3.63, 3.8) is 0 Å². The van der Waals surface area contributed by atoms with Gasteiger partial charge in [-0.15, -0.1) is 0 Å². The molecule has 124 valence electrons. The molecule has 0 aliphatic heterocycles. The van der Waals surface area contributed by atoms with Crippen LogP contribution in [0.1, 0.15) is 5.69 Å². The number of hydrogen-bond donors (Lipinski definition) is 0. The Bertz CT molecular complexity index is 885. The van der Waals surface area contributed by atoms with Gasteiger partial charge in [0.1, 0.15) is 11.4 Å². The van der Waals surface area contributed by atoms with Crippen molar-refractivity contribution in [2.24, 2.45) is 0 Å². The second-order valence-electron chi connectivity index (χ2n) is 5.10. The lowest BCUT2D eigenvalue weighted by molar-refractivity contribution is 0.406. The number of nitrogens with zero attached hydrogens (tertiary/aromatic N) is 2. The number of aryl methyl sites for hydroxylation is 1. The Labute approximate surface area is 147 Å². The summed E-state index contributed by atoms with van der Waals surface area (Å²) in [5.74, 6) is -1.53. The summed E-state index contributed by atoms with van der Waals surface area (Å²) in [5, 5.41) is 0.510. The second-order valence-corrected chi connectivity index (χ2v) is 5.87. The van der Waals surface area contributed by atoms with Crippen LogP contribution in [0.3, 0.4) is 0 Å². The van der Waals surface area contributed by atoms with E-state index in [1.807, 2.05) is 0 Å². The highest BCUT2D eigenvalue weighted by Gasteiger charge is 2.22. The molecule has 0 N–H and O–H groups in total. The highest BCUT2D eigenvalue weighted by molar-refractivity contribution is 6.30. The quantitative estimate of drug-likeness (QED) is 0.615. The van der Waals surface area contributed by atoms with Gasteiger partial charge in [-0.05, 0) is 30.7 Å². The summed E-state index contributed by atoms with van der Waals surface area (Å²) in [6, 6.07) is 9.02. The molecule has 0 bridgehead atoms. The molecule has 1 aromatic heterocycles. The minimum Gasteiger partial charge on any atom is -0.497 e. The number of methoxy groups -OCH3 is 1. The van der Waals surface area contributed by atoms with Gasteiger partial charge in [-0.25, -0.2) is 13.8 Å². The van der Waals surface area contributed by atoms with Gasteiger partial charge in [-0.2, -0.15) is 0 Å². The Hall–Kier alpha value is -2.11. The summed E-state index contributed by atoms with van der Waals surface area (Å²) in [6.07, 6.45) is 0. The van der Waals surface area contributed by atoms with E-state index in [-0.39, 0.29) is 16.7 Å². The second kappa shape index (κ2) is 6.42. The highest BCUT2D eigenvalue weighted by atomic mass is 35.5. The first kappa shape index (κ1) is 16.7. The molecule has 0 saturated carbocycles. The van der Waals surface area contributed by atoms with Gasteiger partial charge in [-0.1, -0.05) is 23.7 Å². The summed E-state index contributed by atoms with van der Waals surface area (Å²) in [7, 11) is 1.33. The molecule has 0 unspecified atom stereocenters. The molecule has 0 spiro atoms. The van der Waals surface area contributed by atoms with Crippen molar-refractivity contribution in [1.82, 2.24) is 9.55 Å². The maximum absolute atomic E-state index is 14.5. The van der Waals surface area contributed by atoms with Crippen molar-refractivity contribution in [2.45, 2.75) is 6.92 Å². The van der Waals surface area contributed by atoms with Crippen LogP contribution >= 0.6 is 23.2 Å². The van der Waals surface area contributed by atoms with Crippen LogP contribution in [0.4, 0.5) is 8.78 Å². The van der Waals surface area contributed by atoms with Crippen LogP contribution in [0, 0.1) is 18.6 Å². The van der Waals surface area contributed by atoms with Gasteiger partial charge in [0, 0.05) is 22.7 Å². The van der Waals surface area contributed by atoms with Crippen molar-refractivity contribution >= 4 is 23.2 Å². The molecule has 0 aliphatic rings. The first-order chi connectivity index (χ1) is 11.4. The predicted molar refractivity (Wildman–Crippen MR) is 90.2 cm³/mol. The summed E-state index contributed by atoms with van der Waals surface area (Å²) < 4.78 is 35.1. The Morgan fingerprint density at radius 1 is 1.04 bits per heavy atom. The number of hydrogen-bond acceptors (Lipinski definition) is 2. The van der Waals surface area contributed by atoms with E-state index in [4.69, 9.17) is 27.9 Å². The average molecular weight is 369 g/mol. The van der Waals surface area contributed by atoms with Crippen molar-refractivity contribution < 1.29 is 13.5 Å². The lowest BCUT2D eigenvalue weighted by atomic mass is 10.1. The molecule has 0 radical (unpaired) electrons. The zero-order valence-electron chi connectivity index (χ0n) is 12.8. The molecule has 0 aliphatic carbocycles. The maximum Gasteiger partial charge on any atom is 0.208 e. The van der Waals surface area contributed by atoms with Crippen LogP contribution in [0.25, 0.3) is 16.9 Å². The molecule has 0 atom stereocenters. The smallest absolute Gasteiger partial charge is 0.208 e. The minimum atomic E-state index is -0.804. The SMILES string of the molecule is COc1cc(F)c(-n2c(Cl)nc(C)c2-c2ccc(Cl)cc2)c(F)c1. The van der Waals surface area contributed by atoms with Crippen molar-refractivity contribution in [3.05, 3.63) is 64.0 Å². The summed E-state index contributed by atoms with van der Waals surface area (Å²) in [6.45, 7) is 1.71. The largest absolute Gasteiger partial charge is 0.497 e. The van der Waals surface area contributed by atoms with Crippen molar-refractivity contribution in [2.75, 3.05) is 7.11 Å². The molecule has 0 saturated heterocycles. The number of imidazole rings is 1. The fraction of sp³-hybridized carbons (Fsp3) is 0.118. The first-order valence-electron chi connectivity index (χ1n) is 6.96. The molecular formula is C17H12Cl2F2N2O. The normalized spacial score (nSPS) is 10.9. The maximum atomic E-state index is 14.5. The fourth-order valence-electron chi connectivity index (χ4n) is 2.52. The Morgan fingerprint density at radius 3 is 2.17 bits per heavy atom. The van der Waals surface area contributed by atoms with Gasteiger partial charge in [0.05, 0.1) is 18.5 Å². The van der Waals surface area contributed by atoms with E-state index in [1.54, 1.807) is 31.2 Å². The van der Waals surface area contributed by atoms with Gasteiger partial charge in [0.2, 0.25) is 5.28 Å². The van der Waals surface area contributed by atoms with Gasteiger partial charge < -0.3 is 4.74 Å². The van der Waals surface area contributed by atoms with E-state index in [0.29, 0.717) is 22.0 Å². The van der Waals surface area contributed by atoms with Gasteiger partial charge in [-0.3, -0.25) is 4.57 Å². The standard InChI is InChI=1S/C17H12Cl2F2N2O/c1-9-15(10-3-5-11(18)6-4-10)23(17(19)22-9)16-13(20)7-12(24-2)8-14(16)21/h3-8H,1-2H3. The van der Waals surface area contributed by atoms with Crippen LogP contribution in [-0.2, 0) is 0 Å². The Morgan fingerprint density at radius 2 is 1.62 bits per heavy atom. The average Bonchev–Trinajstić information content (AvgIpc) is 2.82. The first-order valence-corrected chi connectivity index (χ1v) is 7.72. The number of rotatable bonds is 3. The Kier molecular flexibility index (Phi) is 4.47. The van der Waals surface area contributed by atoms with Crippen LogP contribution in [-0.4, -0.2) is 16.7 Å². The molecule has 2 aromatic carbocycles. The summed E-state index contributed by atoms with van der Waals surface area (Å²) in [5.41, 5.74) is 1.40. The van der Waals surface area contributed by atoms with E-state index in [0.717, 1.165) is 12.1 Å². The topological polar surface area (TPSA) is 27.1 Å². The molecule has 24 heavy (non-hydrogen) atoms. The van der Waals surface area contributed by atoms with E-state index in [1.165, 1.54) is 11.7 Å². The van der Waals surface area contributed by atoms with Crippen LogP contribution in [0.15, 0.2) is 36.4 Å². The highest BCUT2D eigenvalue weighted by Crippen LogP contribution is 2.34. The van der Waals surface area contributed by atoms with Crippen molar-refractivity contribution in [3.8, 4) is 22.7 Å². The Balaban J connectivity index is 2.28. The number of aromatic nitrogens is 2. The molecule has 3 rings (SSSR count). The van der Waals surface area contributed by atoms with Crippen LogP contribution in [0.2, 0.25) is 10.3 Å². The van der Waals surface area contributed by atoms with Gasteiger partial charge in [0.25, 0.3) is 0 Å². The van der Waals surface area contributed by atoms with E-state index < -0.39 is 11.6 Å². The fourth-order valence-corrected chi connectivity index (χ4v) is 2.94. The third kappa shape index (κ3) is 2.85.